The Morgan fingerprint density at radius 2 is 1.88 bits per heavy atom. The van der Waals surface area contributed by atoms with Crippen molar-refractivity contribution in [2.24, 2.45) is 0 Å². The second-order valence-electron chi connectivity index (χ2n) is 4.17. The van der Waals surface area contributed by atoms with Gasteiger partial charge in [-0.15, -0.1) is 11.3 Å². The van der Waals surface area contributed by atoms with E-state index in [9.17, 15) is 4.39 Å². The van der Waals surface area contributed by atoms with E-state index in [2.05, 4.69) is 17.9 Å². The molecule has 0 saturated heterocycles. The van der Waals surface area contributed by atoms with E-state index >= 15 is 0 Å². The van der Waals surface area contributed by atoms with E-state index < -0.39 is 0 Å². The molecule has 0 fully saturated rings. The Labute approximate surface area is 104 Å². The molecular weight excluding hydrogens is 231 g/mol. The average molecular weight is 242 g/mol. The molecule has 0 N–H and O–H groups in total. The summed E-state index contributed by atoms with van der Waals surface area (Å²) in [5.74, 6) is 6.01. The summed E-state index contributed by atoms with van der Waals surface area (Å²) in [5.41, 5.74) is 2.33. The Kier molecular flexibility index (Phi) is 2.70. The van der Waals surface area contributed by atoms with Crippen LogP contribution in [-0.4, -0.2) is 0 Å². The van der Waals surface area contributed by atoms with Crippen molar-refractivity contribution < 1.29 is 4.39 Å². The normalized spacial score (nSPS) is 13.0. The van der Waals surface area contributed by atoms with Gasteiger partial charge in [-0.25, -0.2) is 4.39 Å². The SMILES string of the molecule is Fc1ccc(C#Cc2cc3c(s2)CCC3)cc1. The minimum atomic E-state index is -0.217. The molecule has 0 radical (unpaired) electrons. The van der Waals surface area contributed by atoms with Crippen LogP contribution < -0.4 is 0 Å². The molecule has 0 spiro atoms. The maximum absolute atomic E-state index is 12.7. The highest BCUT2D eigenvalue weighted by Gasteiger charge is 2.13. The van der Waals surface area contributed by atoms with Crippen LogP contribution in [-0.2, 0) is 12.8 Å². The van der Waals surface area contributed by atoms with Crippen LogP contribution in [0.25, 0.3) is 0 Å². The maximum Gasteiger partial charge on any atom is 0.123 e. The third-order valence-corrected chi connectivity index (χ3v) is 4.07. The summed E-state index contributed by atoms with van der Waals surface area (Å²) in [6.07, 6.45) is 3.69. The Hall–Kier alpha value is -1.59. The molecule has 3 rings (SSSR count). The van der Waals surface area contributed by atoms with E-state index in [4.69, 9.17) is 0 Å². The Balaban J connectivity index is 1.85. The largest absolute Gasteiger partial charge is 0.207 e. The molecule has 0 saturated carbocycles. The summed E-state index contributed by atoms with van der Waals surface area (Å²) < 4.78 is 12.7. The topological polar surface area (TPSA) is 0 Å². The molecule has 1 heterocycles. The van der Waals surface area contributed by atoms with Crippen molar-refractivity contribution in [1.82, 2.24) is 0 Å². The molecule has 1 aromatic carbocycles. The standard InChI is InChI=1S/C15H11FS/c16-13-7-4-11(5-8-13)6-9-14-10-12-2-1-3-15(12)17-14/h4-5,7-8,10H,1-3H2. The molecule has 17 heavy (non-hydrogen) atoms. The number of hydrogen-bond acceptors (Lipinski definition) is 1. The number of rotatable bonds is 0. The zero-order valence-electron chi connectivity index (χ0n) is 9.29. The van der Waals surface area contributed by atoms with E-state index in [1.807, 2.05) is 0 Å². The van der Waals surface area contributed by atoms with Crippen LogP contribution in [0.4, 0.5) is 4.39 Å². The van der Waals surface area contributed by atoms with Crippen LogP contribution in [0.3, 0.4) is 0 Å². The van der Waals surface area contributed by atoms with Crippen molar-refractivity contribution in [3.63, 3.8) is 0 Å². The summed E-state index contributed by atoms with van der Waals surface area (Å²) in [5, 5.41) is 0. The van der Waals surface area contributed by atoms with E-state index in [0.29, 0.717) is 0 Å². The quantitative estimate of drug-likeness (QED) is 0.617. The van der Waals surface area contributed by atoms with Gasteiger partial charge < -0.3 is 0 Å². The van der Waals surface area contributed by atoms with Crippen LogP contribution in [0.15, 0.2) is 30.3 Å². The Morgan fingerprint density at radius 1 is 1.06 bits per heavy atom. The molecular formula is C15H11FS. The number of fused-ring (bicyclic) bond motifs is 1. The van der Waals surface area contributed by atoms with Gasteiger partial charge in [-0.2, -0.15) is 0 Å². The summed E-state index contributed by atoms with van der Waals surface area (Å²) in [6.45, 7) is 0. The van der Waals surface area contributed by atoms with E-state index in [1.54, 1.807) is 23.5 Å². The molecule has 0 atom stereocenters. The van der Waals surface area contributed by atoms with E-state index in [0.717, 1.165) is 10.4 Å². The third kappa shape index (κ3) is 2.25. The van der Waals surface area contributed by atoms with Crippen molar-refractivity contribution in [1.29, 1.82) is 0 Å². The highest BCUT2D eigenvalue weighted by molar-refractivity contribution is 7.12. The van der Waals surface area contributed by atoms with Crippen LogP contribution in [0.5, 0.6) is 0 Å². The Morgan fingerprint density at radius 3 is 2.65 bits per heavy atom. The van der Waals surface area contributed by atoms with Crippen molar-refractivity contribution in [3.8, 4) is 11.8 Å². The second-order valence-corrected chi connectivity index (χ2v) is 5.31. The van der Waals surface area contributed by atoms with Gasteiger partial charge >= 0.3 is 0 Å². The fourth-order valence-electron chi connectivity index (χ4n) is 2.06. The zero-order chi connectivity index (χ0) is 11.7. The average Bonchev–Trinajstić information content (AvgIpc) is 2.88. The molecule has 1 aliphatic rings. The first-order chi connectivity index (χ1) is 8.31. The molecule has 1 aromatic heterocycles. The van der Waals surface area contributed by atoms with Gasteiger partial charge in [0.05, 0.1) is 4.88 Å². The summed E-state index contributed by atoms with van der Waals surface area (Å²) >= 11 is 1.80. The first-order valence-corrected chi connectivity index (χ1v) is 6.52. The van der Waals surface area contributed by atoms with Gasteiger partial charge in [0.1, 0.15) is 5.82 Å². The smallest absolute Gasteiger partial charge is 0.123 e. The number of thiophene rings is 1. The lowest BCUT2D eigenvalue weighted by Crippen LogP contribution is -1.76. The van der Waals surface area contributed by atoms with E-state index in [-0.39, 0.29) is 5.82 Å². The summed E-state index contributed by atoms with van der Waals surface area (Å²) in [6, 6.07) is 8.51. The van der Waals surface area contributed by atoms with Gasteiger partial charge in [0.25, 0.3) is 0 Å². The molecule has 0 nitrogen and oxygen atoms in total. The summed E-state index contributed by atoms with van der Waals surface area (Å²) in [7, 11) is 0. The zero-order valence-corrected chi connectivity index (χ0v) is 10.1. The van der Waals surface area contributed by atoms with Crippen molar-refractivity contribution in [3.05, 3.63) is 57.0 Å². The monoisotopic (exact) mass is 242 g/mol. The molecule has 0 amide bonds. The van der Waals surface area contributed by atoms with Gasteiger partial charge in [-0.05, 0) is 55.2 Å². The lowest BCUT2D eigenvalue weighted by atomic mass is 10.2. The maximum atomic E-state index is 12.7. The number of halogens is 1. The predicted octanol–water partition coefficient (Wildman–Crippen LogP) is 3.78. The lowest BCUT2D eigenvalue weighted by molar-refractivity contribution is 0.627. The highest BCUT2D eigenvalue weighted by Crippen LogP contribution is 2.29. The van der Waals surface area contributed by atoms with Crippen LogP contribution in [0.2, 0.25) is 0 Å². The minimum Gasteiger partial charge on any atom is -0.207 e. The predicted molar refractivity (Wildman–Crippen MR) is 68.7 cm³/mol. The van der Waals surface area contributed by atoms with Gasteiger partial charge in [0.2, 0.25) is 0 Å². The van der Waals surface area contributed by atoms with Crippen molar-refractivity contribution in [2.75, 3.05) is 0 Å². The van der Waals surface area contributed by atoms with Crippen LogP contribution in [0, 0.1) is 17.7 Å². The van der Waals surface area contributed by atoms with Crippen LogP contribution >= 0.6 is 11.3 Å². The molecule has 1 aliphatic carbocycles. The fourth-order valence-corrected chi connectivity index (χ4v) is 3.16. The number of benzene rings is 1. The number of hydrogen-bond donors (Lipinski definition) is 0. The van der Waals surface area contributed by atoms with Crippen LogP contribution in [0.1, 0.15) is 27.3 Å². The molecule has 2 heteroatoms. The first kappa shape index (κ1) is 10.6. The van der Waals surface area contributed by atoms with Crippen molar-refractivity contribution >= 4 is 11.3 Å². The summed E-state index contributed by atoms with van der Waals surface area (Å²) in [4.78, 5) is 2.62. The van der Waals surface area contributed by atoms with Crippen molar-refractivity contribution in [2.45, 2.75) is 19.3 Å². The molecule has 0 aliphatic heterocycles. The third-order valence-electron chi connectivity index (χ3n) is 2.92. The van der Waals surface area contributed by atoms with Gasteiger partial charge in [0, 0.05) is 10.4 Å². The molecule has 0 bridgehead atoms. The van der Waals surface area contributed by atoms with Gasteiger partial charge in [-0.1, -0.05) is 11.8 Å². The molecule has 0 unspecified atom stereocenters. The number of aryl methyl sites for hydroxylation is 2. The minimum absolute atomic E-state index is 0.217. The fraction of sp³-hybridized carbons (Fsp3) is 0.200. The molecule has 2 aromatic rings. The highest BCUT2D eigenvalue weighted by atomic mass is 32.1. The second kappa shape index (κ2) is 4.35. The molecule has 84 valence electrons. The lowest BCUT2D eigenvalue weighted by Gasteiger charge is -1.88. The van der Waals surface area contributed by atoms with Gasteiger partial charge in [0.15, 0.2) is 0 Å². The first-order valence-electron chi connectivity index (χ1n) is 5.70. The van der Waals surface area contributed by atoms with Gasteiger partial charge in [-0.3, -0.25) is 0 Å². The van der Waals surface area contributed by atoms with E-state index in [1.165, 1.54) is 41.8 Å². The Bertz CT molecular complexity index is 575.